The molecule has 2 aliphatic rings. The summed E-state index contributed by atoms with van der Waals surface area (Å²) < 4.78 is 27.9. The summed E-state index contributed by atoms with van der Waals surface area (Å²) in [6.45, 7) is 4.03. The third kappa shape index (κ3) is 3.13. The Bertz CT molecular complexity index is 1000. The van der Waals surface area contributed by atoms with Crippen LogP contribution >= 0.6 is 0 Å². The van der Waals surface area contributed by atoms with E-state index in [1.54, 1.807) is 4.31 Å². The highest BCUT2D eigenvalue weighted by atomic mass is 32.2. The Hall–Kier alpha value is -2.22. The van der Waals surface area contributed by atoms with E-state index >= 15 is 0 Å². The maximum Gasteiger partial charge on any atom is 0.248 e. The normalized spacial score (nSPS) is 25.7. The van der Waals surface area contributed by atoms with Crippen LogP contribution < -0.4 is 5.73 Å². The van der Waals surface area contributed by atoms with Crippen LogP contribution in [0, 0.1) is 18.8 Å². The Labute approximate surface area is 166 Å². The molecule has 7 heteroatoms. The summed E-state index contributed by atoms with van der Waals surface area (Å²) in [7, 11) is -1.47. The molecule has 0 radical (unpaired) electrons. The summed E-state index contributed by atoms with van der Waals surface area (Å²) in [5.74, 6) is 0.0174. The second kappa shape index (κ2) is 6.99. The second-order valence-electron chi connectivity index (χ2n) is 7.88. The van der Waals surface area contributed by atoms with Gasteiger partial charge in [-0.05, 0) is 61.2 Å². The van der Waals surface area contributed by atoms with Gasteiger partial charge in [0.2, 0.25) is 15.9 Å². The first kappa shape index (κ1) is 19.1. The van der Waals surface area contributed by atoms with Gasteiger partial charge in [-0.1, -0.05) is 24.3 Å². The van der Waals surface area contributed by atoms with Gasteiger partial charge in [0.25, 0.3) is 0 Å². The van der Waals surface area contributed by atoms with Gasteiger partial charge in [-0.15, -0.1) is 0 Å². The summed E-state index contributed by atoms with van der Waals surface area (Å²) >= 11 is 0. The van der Waals surface area contributed by atoms with Gasteiger partial charge in [0.05, 0.1) is 4.90 Å². The largest absolute Gasteiger partial charge is 0.366 e. The molecule has 4 rings (SSSR count). The minimum Gasteiger partial charge on any atom is -0.366 e. The number of carbonyl (C=O) groups is 1. The standard InChI is InChI=1S/C21H25N3O3S/c1-14-5-3-4-6-18(14)20-19-13-24(12-16(19)11-23(20)2)28(26,27)17-9-7-15(8-10-17)21(22)25/h3-10,16,19-20H,11-13H2,1-2H3,(H2,22,25)/t16-,19+,20+/m0/s1. The summed E-state index contributed by atoms with van der Waals surface area (Å²) in [6, 6.07) is 14.4. The van der Waals surface area contributed by atoms with E-state index in [0.717, 1.165) is 6.54 Å². The van der Waals surface area contributed by atoms with Gasteiger partial charge in [0, 0.05) is 31.2 Å². The molecule has 2 N–H and O–H groups in total. The molecule has 2 aliphatic heterocycles. The number of sulfonamides is 1. The predicted octanol–water partition coefficient (Wildman–Crippen LogP) is 2.02. The molecular weight excluding hydrogens is 374 g/mol. The van der Waals surface area contributed by atoms with Crippen molar-refractivity contribution in [2.75, 3.05) is 26.7 Å². The Morgan fingerprint density at radius 3 is 2.36 bits per heavy atom. The molecule has 2 heterocycles. The van der Waals surface area contributed by atoms with Crippen molar-refractivity contribution in [3.8, 4) is 0 Å². The number of likely N-dealkylation sites (tertiary alicyclic amines) is 1. The summed E-state index contributed by atoms with van der Waals surface area (Å²) in [5.41, 5.74) is 8.07. The highest BCUT2D eigenvalue weighted by Crippen LogP contribution is 2.45. The monoisotopic (exact) mass is 399 g/mol. The van der Waals surface area contributed by atoms with Gasteiger partial charge in [0.15, 0.2) is 0 Å². The maximum absolute atomic E-state index is 13.1. The molecule has 0 saturated carbocycles. The first-order valence-electron chi connectivity index (χ1n) is 9.45. The van der Waals surface area contributed by atoms with Crippen molar-refractivity contribution < 1.29 is 13.2 Å². The molecular formula is C21H25N3O3S. The average molecular weight is 400 g/mol. The predicted molar refractivity (Wildman–Crippen MR) is 107 cm³/mol. The third-order valence-corrected chi connectivity index (χ3v) is 7.99. The number of carbonyl (C=O) groups excluding carboxylic acids is 1. The van der Waals surface area contributed by atoms with Crippen LogP contribution in [0.5, 0.6) is 0 Å². The molecule has 2 saturated heterocycles. The number of fused-ring (bicyclic) bond motifs is 1. The van der Waals surface area contributed by atoms with Crippen molar-refractivity contribution in [2.24, 2.45) is 17.6 Å². The van der Waals surface area contributed by atoms with Crippen molar-refractivity contribution >= 4 is 15.9 Å². The van der Waals surface area contributed by atoms with Gasteiger partial charge in [-0.2, -0.15) is 4.31 Å². The first-order valence-corrected chi connectivity index (χ1v) is 10.9. The Balaban J connectivity index is 1.59. The molecule has 6 nitrogen and oxygen atoms in total. The quantitative estimate of drug-likeness (QED) is 0.853. The van der Waals surface area contributed by atoms with Gasteiger partial charge in [-0.25, -0.2) is 8.42 Å². The SMILES string of the molecule is Cc1ccccc1[C@@H]1[C@@H]2CN(S(=O)(=O)c3ccc(C(N)=O)cc3)C[C@@H]2CN1C. The molecule has 0 aliphatic carbocycles. The minimum absolute atomic E-state index is 0.207. The van der Waals surface area contributed by atoms with Crippen LogP contribution in [0.1, 0.15) is 27.5 Å². The summed E-state index contributed by atoms with van der Waals surface area (Å²) in [6.07, 6.45) is 0. The zero-order valence-corrected chi connectivity index (χ0v) is 16.9. The van der Waals surface area contributed by atoms with E-state index in [4.69, 9.17) is 5.73 Å². The lowest BCUT2D eigenvalue weighted by Gasteiger charge is -2.27. The van der Waals surface area contributed by atoms with Crippen molar-refractivity contribution in [2.45, 2.75) is 17.9 Å². The van der Waals surface area contributed by atoms with E-state index in [-0.39, 0.29) is 16.9 Å². The van der Waals surface area contributed by atoms with Crippen LogP contribution in [0.3, 0.4) is 0 Å². The number of benzene rings is 2. The zero-order valence-electron chi connectivity index (χ0n) is 16.1. The molecule has 148 valence electrons. The molecule has 28 heavy (non-hydrogen) atoms. The molecule has 2 aromatic rings. The number of nitrogens with two attached hydrogens (primary N) is 1. The van der Waals surface area contributed by atoms with Gasteiger partial charge < -0.3 is 5.73 Å². The highest BCUT2D eigenvalue weighted by molar-refractivity contribution is 7.89. The number of aryl methyl sites for hydroxylation is 1. The number of nitrogens with zero attached hydrogens (tertiary/aromatic N) is 2. The molecule has 0 bridgehead atoms. The van der Waals surface area contributed by atoms with Crippen LogP contribution in [-0.2, 0) is 10.0 Å². The molecule has 0 spiro atoms. The minimum atomic E-state index is -3.59. The summed E-state index contributed by atoms with van der Waals surface area (Å²) in [4.78, 5) is 13.8. The topological polar surface area (TPSA) is 83.7 Å². The molecule has 0 aromatic heterocycles. The lowest BCUT2D eigenvalue weighted by atomic mass is 9.88. The second-order valence-corrected chi connectivity index (χ2v) is 9.81. The highest BCUT2D eigenvalue weighted by Gasteiger charge is 2.49. The molecule has 2 fully saturated rings. The lowest BCUT2D eigenvalue weighted by Crippen LogP contribution is -2.33. The number of amides is 1. The summed E-state index contributed by atoms with van der Waals surface area (Å²) in [5, 5.41) is 0. The van der Waals surface area contributed by atoms with E-state index in [2.05, 4.69) is 31.0 Å². The number of primary amides is 1. The number of hydrogen-bond acceptors (Lipinski definition) is 4. The lowest BCUT2D eigenvalue weighted by molar-refractivity contribution is 0.1000. The van der Waals surface area contributed by atoms with Crippen molar-refractivity contribution in [1.29, 1.82) is 0 Å². The van der Waals surface area contributed by atoms with Gasteiger partial charge >= 0.3 is 0 Å². The van der Waals surface area contributed by atoms with Crippen molar-refractivity contribution in [3.63, 3.8) is 0 Å². The molecule has 1 amide bonds. The molecule has 3 atom stereocenters. The third-order valence-electron chi connectivity index (χ3n) is 6.14. The molecule has 0 unspecified atom stereocenters. The average Bonchev–Trinajstić information content (AvgIpc) is 3.20. The van der Waals surface area contributed by atoms with E-state index in [9.17, 15) is 13.2 Å². The van der Waals surface area contributed by atoms with E-state index < -0.39 is 15.9 Å². The van der Waals surface area contributed by atoms with E-state index in [1.807, 2.05) is 12.1 Å². The zero-order chi connectivity index (χ0) is 20.1. The smallest absolute Gasteiger partial charge is 0.248 e. The van der Waals surface area contributed by atoms with Gasteiger partial charge in [0.1, 0.15) is 0 Å². The van der Waals surface area contributed by atoms with Crippen LogP contribution in [0.15, 0.2) is 53.4 Å². The Morgan fingerprint density at radius 1 is 1.04 bits per heavy atom. The Kier molecular flexibility index (Phi) is 4.77. The van der Waals surface area contributed by atoms with E-state index in [0.29, 0.717) is 24.6 Å². The fourth-order valence-corrected chi connectivity index (χ4v) is 6.27. The van der Waals surface area contributed by atoms with Crippen LogP contribution in [0.25, 0.3) is 0 Å². The van der Waals surface area contributed by atoms with Crippen molar-refractivity contribution in [1.82, 2.24) is 9.21 Å². The van der Waals surface area contributed by atoms with E-state index in [1.165, 1.54) is 35.4 Å². The fraction of sp³-hybridized carbons (Fsp3) is 0.381. The van der Waals surface area contributed by atoms with Crippen LogP contribution in [0.4, 0.5) is 0 Å². The van der Waals surface area contributed by atoms with Crippen molar-refractivity contribution in [3.05, 3.63) is 65.2 Å². The first-order chi connectivity index (χ1) is 13.3. The number of rotatable bonds is 4. The maximum atomic E-state index is 13.1. The van der Waals surface area contributed by atoms with Crippen LogP contribution in [0.2, 0.25) is 0 Å². The molecule has 2 aromatic carbocycles. The number of hydrogen-bond donors (Lipinski definition) is 1. The fourth-order valence-electron chi connectivity index (χ4n) is 4.74. The Morgan fingerprint density at radius 2 is 1.71 bits per heavy atom. The van der Waals surface area contributed by atoms with Crippen LogP contribution in [-0.4, -0.2) is 50.2 Å². The van der Waals surface area contributed by atoms with Gasteiger partial charge in [-0.3, -0.25) is 9.69 Å².